The lowest BCUT2D eigenvalue weighted by Gasteiger charge is -2.59. The molecule has 3 aliphatic heterocycles. The van der Waals surface area contributed by atoms with Gasteiger partial charge in [-0.1, -0.05) is 38.1 Å². The van der Waals surface area contributed by atoms with Gasteiger partial charge in [0.15, 0.2) is 5.79 Å². The van der Waals surface area contributed by atoms with Crippen LogP contribution >= 0.6 is 0 Å². The van der Waals surface area contributed by atoms with Crippen molar-refractivity contribution in [1.82, 2.24) is 5.06 Å². The van der Waals surface area contributed by atoms with Gasteiger partial charge in [0.25, 0.3) is 0 Å². The number of hydrogen-bond acceptors (Lipinski definition) is 6. The molecule has 6 heteroatoms. The predicted octanol–water partition coefficient (Wildman–Crippen LogP) is 5.19. The summed E-state index contributed by atoms with van der Waals surface area (Å²) < 4.78 is 23.6. The molecule has 1 aromatic rings. The van der Waals surface area contributed by atoms with E-state index in [1.54, 1.807) is 0 Å². The van der Waals surface area contributed by atoms with E-state index in [9.17, 15) is 0 Å². The smallest absolute Gasteiger partial charge is 0.172 e. The maximum atomic E-state index is 6.75. The Bertz CT molecular complexity index is 772. The van der Waals surface area contributed by atoms with Crippen molar-refractivity contribution in [1.29, 1.82) is 0 Å². The van der Waals surface area contributed by atoms with Gasteiger partial charge in [-0.2, -0.15) is 5.06 Å². The van der Waals surface area contributed by atoms with E-state index in [2.05, 4.69) is 64.0 Å². The van der Waals surface area contributed by atoms with Crippen molar-refractivity contribution in [3.63, 3.8) is 0 Å². The lowest BCUT2D eigenvalue weighted by Crippen LogP contribution is -2.68. The van der Waals surface area contributed by atoms with E-state index in [0.717, 1.165) is 43.6 Å². The molecule has 4 rings (SSSR count). The Balaban J connectivity index is 1.50. The molecule has 1 spiro atoms. The molecule has 0 aliphatic carbocycles. The van der Waals surface area contributed by atoms with Gasteiger partial charge in [0.1, 0.15) is 24.6 Å². The van der Waals surface area contributed by atoms with Crippen molar-refractivity contribution in [3.05, 3.63) is 42.0 Å². The maximum Gasteiger partial charge on any atom is 0.172 e. The normalized spacial score (nSPS) is 27.1. The maximum absolute atomic E-state index is 6.75. The first kappa shape index (κ1) is 23.7. The molecule has 2 unspecified atom stereocenters. The minimum atomic E-state index is -0.577. The lowest BCUT2D eigenvalue weighted by molar-refractivity contribution is -0.371. The monoisotopic (exact) mass is 445 g/mol. The van der Waals surface area contributed by atoms with Gasteiger partial charge >= 0.3 is 0 Å². The molecule has 178 valence electrons. The molecule has 0 N–H and O–H groups in total. The van der Waals surface area contributed by atoms with Crippen molar-refractivity contribution in [2.45, 2.75) is 89.4 Å². The van der Waals surface area contributed by atoms with Crippen LogP contribution in [0.3, 0.4) is 0 Å². The molecule has 0 bridgehead atoms. The van der Waals surface area contributed by atoms with Crippen molar-refractivity contribution < 1.29 is 23.8 Å². The minimum absolute atomic E-state index is 0.0840. The van der Waals surface area contributed by atoms with Crippen LogP contribution in [0.5, 0.6) is 5.75 Å². The highest BCUT2D eigenvalue weighted by atomic mass is 16.7. The summed E-state index contributed by atoms with van der Waals surface area (Å²) in [5.41, 5.74) is 0.701. The first-order valence-electron chi connectivity index (χ1n) is 12.1. The highest BCUT2D eigenvalue weighted by Gasteiger charge is 2.57. The second kappa shape index (κ2) is 9.43. The van der Waals surface area contributed by atoms with Crippen LogP contribution in [0, 0.1) is 0 Å². The molecular formula is C26H39NO5. The van der Waals surface area contributed by atoms with Crippen LogP contribution < -0.4 is 4.74 Å². The Labute approximate surface area is 192 Å². The van der Waals surface area contributed by atoms with Gasteiger partial charge in [-0.25, -0.2) is 0 Å². The summed E-state index contributed by atoms with van der Waals surface area (Å²) in [4.78, 5) is 6.75. The Morgan fingerprint density at radius 1 is 1.03 bits per heavy atom. The summed E-state index contributed by atoms with van der Waals surface area (Å²) in [6.07, 6.45) is 7.74. The highest BCUT2D eigenvalue weighted by Crippen LogP contribution is 2.50. The number of hydrogen-bond donors (Lipinski definition) is 0. The molecule has 2 fully saturated rings. The molecule has 2 saturated heterocycles. The van der Waals surface area contributed by atoms with Crippen LogP contribution in [0.25, 0.3) is 0 Å². The first-order chi connectivity index (χ1) is 15.3. The van der Waals surface area contributed by atoms with Gasteiger partial charge in [-0.15, -0.1) is 0 Å². The Morgan fingerprint density at radius 2 is 1.66 bits per heavy atom. The van der Waals surface area contributed by atoms with E-state index in [-0.39, 0.29) is 23.3 Å². The molecule has 0 aromatic heterocycles. The standard InChI is InChI=1S/C26H39NO5/c1-6-25(7-2)19-26(30-14-8-9-15-31-26)18-24(4,5)27(25)32-20(3)21-10-12-22(13-11-21)28-16-23-17-29-23/h8-13,20,23H,6-7,14-19H2,1-5H3. The summed E-state index contributed by atoms with van der Waals surface area (Å²) in [6.45, 7) is 13.7. The molecule has 3 aliphatic rings. The fourth-order valence-electron chi connectivity index (χ4n) is 5.24. The topological polar surface area (TPSA) is 52.7 Å². The molecule has 3 heterocycles. The van der Waals surface area contributed by atoms with E-state index in [1.807, 2.05) is 12.1 Å². The van der Waals surface area contributed by atoms with Gasteiger partial charge < -0.3 is 18.9 Å². The van der Waals surface area contributed by atoms with Crippen LogP contribution in [0.1, 0.15) is 72.0 Å². The summed E-state index contributed by atoms with van der Waals surface area (Å²) in [7, 11) is 0. The first-order valence-corrected chi connectivity index (χ1v) is 12.1. The molecule has 0 saturated carbocycles. The van der Waals surface area contributed by atoms with E-state index in [0.29, 0.717) is 19.8 Å². The van der Waals surface area contributed by atoms with E-state index >= 15 is 0 Å². The molecule has 0 radical (unpaired) electrons. The van der Waals surface area contributed by atoms with Gasteiger partial charge in [0.2, 0.25) is 0 Å². The van der Waals surface area contributed by atoms with E-state index < -0.39 is 5.79 Å². The Kier molecular flexibility index (Phi) is 6.99. The number of rotatable bonds is 8. The Morgan fingerprint density at radius 3 is 2.22 bits per heavy atom. The van der Waals surface area contributed by atoms with Crippen LogP contribution in [0.15, 0.2) is 36.4 Å². The fraction of sp³-hybridized carbons (Fsp3) is 0.692. The number of nitrogens with zero attached hydrogens (tertiary/aromatic N) is 1. The van der Waals surface area contributed by atoms with Crippen molar-refractivity contribution >= 4 is 0 Å². The zero-order valence-corrected chi connectivity index (χ0v) is 20.3. The number of piperidine rings is 1. The third-order valence-electron chi connectivity index (χ3n) is 7.10. The summed E-state index contributed by atoms with van der Waals surface area (Å²) in [5, 5.41) is 2.26. The quantitative estimate of drug-likeness (QED) is 0.405. The molecule has 2 atom stereocenters. The van der Waals surface area contributed by atoms with E-state index in [4.69, 9.17) is 23.8 Å². The van der Waals surface area contributed by atoms with E-state index in [1.165, 1.54) is 0 Å². The lowest BCUT2D eigenvalue weighted by atomic mass is 9.73. The number of hydroxylamine groups is 2. The second-order valence-corrected chi connectivity index (χ2v) is 9.98. The molecule has 32 heavy (non-hydrogen) atoms. The third-order valence-corrected chi connectivity index (χ3v) is 7.10. The second-order valence-electron chi connectivity index (χ2n) is 9.98. The average molecular weight is 446 g/mol. The highest BCUT2D eigenvalue weighted by molar-refractivity contribution is 5.28. The zero-order valence-electron chi connectivity index (χ0n) is 20.3. The minimum Gasteiger partial charge on any atom is -0.491 e. The fourth-order valence-corrected chi connectivity index (χ4v) is 5.24. The van der Waals surface area contributed by atoms with Crippen molar-refractivity contribution in [3.8, 4) is 5.75 Å². The molecule has 6 nitrogen and oxygen atoms in total. The predicted molar refractivity (Wildman–Crippen MR) is 123 cm³/mol. The molecule has 0 amide bonds. The van der Waals surface area contributed by atoms with Crippen LogP contribution in [-0.2, 0) is 19.0 Å². The summed E-state index contributed by atoms with van der Waals surface area (Å²) >= 11 is 0. The Hall–Kier alpha value is -1.44. The largest absolute Gasteiger partial charge is 0.491 e. The number of epoxide rings is 1. The van der Waals surface area contributed by atoms with Crippen molar-refractivity contribution in [2.24, 2.45) is 0 Å². The van der Waals surface area contributed by atoms with Gasteiger partial charge in [-0.3, -0.25) is 4.84 Å². The number of ether oxygens (including phenoxy) is 4. The van der Waals surface area contributed by atoms with Crippen LogP contribution in [0.4, 0.5) is 0 Å². The SMILES string of the molecule is CCC1(CC)CC2(CC(C)(C)N1OC(C)c1ccc(OCC3CO3)cc1)OCC=CCO2. The van der Waals surface area contributed by atoms with Gasteiger partial charge in [-0.05, 0) is 51.3 Å². The van der Waals surface area contributed by atoms with Gasteiger partial charge in [0.05, 0.1) is 25.4 Å². The van der Waals surface area contributed by atoms with Crippen molar-refractivity contribution in [2.75, 3.05) is 26.4 Å². The summed E-state index contributed by atoms with van der Waals surface area (Å²) in [5.74, 6) is 0.288. The molecular weight excluding hydrogens is 406 g/mol. The summed E-state index contributed by atoms with van der Waals surface area (Å²) in [6, 6.07) is 8.21. The van der Waals surface area contributed by atoms with Crippen LogP contribution in [-0.4, -0.2) is 54.5 Å². The van der Waals surface area contributed by atoms with Crippen LogP contribution in [0.2, 0.25) is 0 Å². The van der Waals surface area contributed by atoms with Gasteiger partial charge in [0, 0.05) is 18.4 Å². The molecule has 1 aromatic carbocycles. The average Bonchev–Trinajstić information content (AvgIpc) is 3.62. The zero-order chi connectivity index (χ0) is 22.8. The number of benzene rings is 1. The third kappa shape index (κ3) is 5.05.